The topological polar surface area (TPSA) is 0 Å². The number of hydrogen-bond donors (Lipinski definition) is 0. The molecule has 0 radical (unpaired) electrons. The van der Waals surface area contributed by atoms with Crippen LogP contribution in [-0.4, -0.2) is 0 Å². The van der Waals surface area contributed by atoms with Gasteiger partial charge in [0.1, 0.15) is 0 Å². The van der Waals surface area contributed by atoms with Crippen molar-refractivity contribution in [2.75, 3.05) is 0 Å². The molecule has 0 aliphatic heterocycles. The lowest BCUT2D eigenvalue weighted by molar-refractivity contribution is 1.47. The van der Waals surface area contributed by atoms with E-state index >= 15 is 0 Å². The maximum atomic E-state index is 2.24. The molecule has 0 N–H and O–H groups in total. The molecule has 2 rings (SSSR count). The van der Waals surface area contributed by atoms with Gasteiger partial charge in [0.25, 0.3) is 0 Å². The van der Waals surface area contributed by atoms with E-state index in [0.29, 0.717) is 0 Å². The Bertz CT molecular complexity index is 413. The van der Waals surface area contributed by atoms with Gasteiger partial charge in [-0.1, -0.05) is 29.8 Å². The van der Waals surface area contributed by atoms with Crippen LogP contribution in [0.1, 0.15) is 10.4 Å². The van der Waals surface area contributed by atoms with Crippen molar-refractivity contribution in [3.05, 3.63) is 46.2 Å². The molecule has 66 valence electrons. The minimum absolute atomic E-state index is 1.32. The highest BCUT2D eigenvalue weighted by atomic mass is 32.1. The number of rotatable bonds is 1. The molecule has 13 heavy (non-hydrogen) atoms. The molecule has 0 nitrogen and oxygen atoms in total. The van der Waals surface area contributed by atoms with Gasteiger partial charge in [0.05, 0.1) is 0 Å². The Morgan fingerprint density at radius 3 is 2.46 bits per heavy atom. The minimum Gasteiger partial charge on any atom is -0.149 e. The highest BCUT2D eigenvalue weighted by Crippen LogP contribution is 2.25. The van der Waals surface area contributed by atoms with E-state index in [0.717, 1.165) is 0 Å². The number of thiophene rings is 1. The Labute approximate surface area is 82.9 Å². The van der Waals surface area contributed by atoms with Crippen LogP contribution in [0.4, 0.5) is 0 Å². The van der Waals surface area contributed by atoms with E-state index in [1.807, 2.05) is 0 Å². The SMILES string of the molecule is Cc1cccc(-c2csc(C)c2)c1. The van der Waals surface area contributed by atoms with Gasteiger partial charge in [0.2, 0.25) is 0 Å². The predicted molar refractivity (Wildman–Crippen MR) is 59.2 cm³/mol. The van der Waals surface area contributed by atoms with Gasteiger partial charge in [-0.15, -0.1) is 11.3 Å². The largest absolute Gasteiger partial charge is 0.149 e. The fraction of sp³-hybridized carbons (Fsp3) is 0.167. The van der Waals surface area contributed by atoms with Crippen molar-refractivity contribution in [1.82, 2.24) is 0 Å². The lowest BCUT2D eigenvalue weighted by atomic mass is 10.1. The fourth-order valence-corrected chi connectivity index (χ4v) is 2.13. The average molecular weight is 188 g/mol. The molecule has 1 aromatic heterocycles. The van der Waals surface area contributed by atoms with Gasteiger partial charge in [-0.2, -0.15) is 0 Å². The van der Waals surface area contributed by atoms with Gasteiger partial charge < -0.3 is 0 Å². The first kappa shape index (κ1) is 8.52. The average Bonchev–Trinajstić information content (AvgIpc) is 2.52. The van der Waals surface area contributed by atoms with Crippen molar-refractivity contribution in [1.29, 1.82) is 0 Å². The molecule has 0 aliphatic carbocycles. The van der Waals surface area contributed by atoms with Crippen molar-refractivity contribution in [3.8, 4) is 11.1 Å². The van der Waals surface area contributed by atoms with E-state index in [1.165, 1.54) is 21.6 Å². The number of aryl methyl sites for hydroxylation is 2. The van der Waals surface area contributed by atoms with Crippen LogP contribution in [0.2, 0.25) is 0 Å². The summed E-state index contributed by atoms with van der Waals surface area (Å²) < 4.78 is 0. The maximum Gasteiger partial charge on any atom is 0.00205 e. The number of hydrogen-bond acceptors (Lipinski definition) is 1. The summed E-state index contributed by atoms with van der Waals surface area (Å²) in [5, 5.41) is 2.21. The molecule has 1 heterocycles. The second-order valence-electron chi connectivity index (χ2n) is 3.32. The van der Waals surface area contributed by atoms with E-state index in [9.17, 15) is 0 Å². The van der Waals surface area contributed by atoms with E-state index < -0.39 is 0 Å². The summed E-state index contributed by atoms with van der Waals surface area (Å²) in [7, 11) is 0. The van der Waals surface area contributed by atoms with Crippen LogP contribution in [-0.2, 0) is 0 Å². The Kier molecular flexibility index (Phi) is 2.19. The summed E-state index contributed by atoms with van der Waals surface area (Å²) >= 11 is 1.81. The van der Waals surface area contributed by atoms with Crippen LogP contribution >= 0.6 is 11.3 Å². The smallest absolute Gasteiger partial charge is 0.00205 e. The van der Waals surface area contributed by atoms with Gasteiger partial charge in [-0.3, -0.25) is 0 Å². The lowest BCUT2D eigenvalue weighted by Gasteiger charge is -1.98. The first-order chi connectivity index (χ1) is 6.25. The zero-order chi connectivity index (χ0) is 9.26. The zero-order valence-electron chi connectivity index (χ0n) is 7.87. The molecule has 0 unspecified atom stereocenters. The van der Waals surface area contributed by atoms with Gasteiger partial charge >= 0.3 is 0 Å². The summed E-state index contributed by atoms with van der Waals surface area (Å²) in [6.07, 6.45) is 0. The fourth-order valence-electron chi connectivity index (χ4n) is 1.42. The van der Waals surface area contributed by atoms with Gasteiger partial charge in [0, 0.05) is 4.88 Å². The molecule has 0 spiro atoms. The second-order valence-corrected chi connectivity index (χ2v) is 4.43. The lowest BCUT2D eigenvalue weighted by Crippen LogP contribution is -1.75. The van der Waals surface area contributed by atoms with Crippen LogP contribution in [0.3, 0.4) is 0 Å². The van der Waals surface area contributed by atoms with Crippen LogP contribution < -0.4 is 0 Å². The third-order valence-electron chi connectivity index (χ3n) is 2.08. The quantitative estimate of drug-likeness (QED) is 0.633. The molecular formula is C12H12S. The molecule has 2 aromatic rings. The molecular weight excluding hydrogens is 176 g/mol. The van der Waals surface area contributed by atoms with Crippen molar-refractivity contribution in [3.63, 3.8) is 0 Å². The van der Waals surface area contributed by atoms with Gasteiger partial charge in [-0.05, 0) is 36.4 Å². The molecule has 0 saturated heterocycles. The molecule has 0 bridgehead atoms. The molecule has 1 heteroatoms. The first-order valence-electron chi connectivity index (χ1n) is 4.38. The van der Waals surface area contributed by atoms with E-state index in [1.54, 1.807) is 11.3 Å². The first-order valence-corrected chi connectivity index (χ1v) is 5.26. The van der Waals surface area contributed by atoms with E-state index in [-0.39, 0.29) is 0 Å². The highest BCUT2D eigenvalue weighted by molar-refractivity contribution is 7.10. The normalized spacial score (nSPS) is 10.3. The van der Waals surface area contributed by atoms with E-state index in [2.05, 4.69) is 49.6 Å². The molecule has 0 aliphatic rings. The molecule has 0 fully saturated rings. The second kappa shape index (κ2) is 3.35. The summed E-state index contributed by atoms with van der Waals surface area (Å²) in [6.45, 7) is 4.27. The van der Waals surface area contributed by atoms with Gasteiger partial charge in [0.15, 0.2) is 0 Å². The van der Waals surface area contributed by atoms with Crippen molar-refractivity contribution >= 4 is 11.3 Å². The molecule has 1 aromatic carbocycles. The summed E-state index contributed by atoms with van der Waals surface area (Å²) in [5.74, 6) is 0. The number of benzene rings is 1. The van der Waals surface area contributed by atoms with Crippen molar-refractivity contribution < 1.29 is 0 Å². The Balaban J connectivity index is 2.46. The molecule has 0 atom stereocenters. The third kappa shape index (κ3) is 1.81. The van der Waals surface area contributed by atoms with Crippen LogP contribution in [0.5, 0.6) is 0 Å². The highest BCUT2D eigenvalue weighted by Gasteiger charge is 1.98. The Hall–Kier alpha value is -1.08. The summed E-state index contributed by atoms with van der Waals surface area (Å²) in [4.78, 5) is 1.37. The Morgan fingerprint density at radius 1 is 1.00 bits per heavy atom. The van der Waals surface area contributed by atoms with E-state index in [4.69, 9.17) is 0 Å². The van der Waals surface area contributed by atoms with Gasteiger partial charge in [-0.25, -0.2) is 0 Å². The zero-order valence-corrected chi connectivity index (χ0v) is 8.69. The van der Waals surface area contributed by atoms with Crippen LogP contribution in [0.25, 0.3) is 11.1 Å². The van der Waals surface area contributed by atoms with Crippen molar-refractivity contribution in [2.24, 2.45) is 0 Å². The molecule has 0 saturated carbocycles. The molecule has 0 amide bonds. The monoisotopic (exact) mass is 188 g/mol. The van der Waals surface area contributed by atoms with Crippen LogP contribution in [0, 0.1) is 13.8 Å². The third-order valence-corrected chi connectivity index (χ3v) is 2.94. The van der Waals surface area contributed by atoms with Crippen molar-refractivity contribution in [2.45, 2.75) is 13.8 Å². The maximum absolute atomic E-state index is 2.24. The Morgan fingerprint density at radius 2 is 1.85 bits per heavy atom. The minimum atomic E-state index is 1.32. The summed E-state index contributed by atoms with van der Waals surface area (Å²) in [5.41, 5.74) is 3.98. The van der Waals surface area contributed by atoms with Crippen LogP contribution in [0.15, 0.2) is 35.7 Å². The summed E-state index contributed by atoms with van der Waals surface area (Å²) in [6, 6.07) is 10.9. The standard InChI is InChI=1S/C12H12S/c1-9-4-3-5-11(6-9)12-7-10(2)13-8-12/h3-8H,1-2H3. The predicted octanol–water partition coefficient (Wildman–Crippen LogP) is 4.03.